The fraction of sp³-hybridized carbons (Fsp3) is 0.727. The average molecular weight is 237 g/mol. The number of amides is 1. The molecule has 1 amide bonds. The van der Waals surface area contributed by atoms with Crippen LogP contribution in [0.1, 0.15) is 31.3 Å². The largest absolute Gasteiger partial charge is 0.335 e. The van der Waals surface area contributed by atoms with Gasteiger partial charge in [-0.2, -0.15) is 0 Å². The monoisotopic (exact) mass is 237 g/mol. The number of piperazine rings is 1. The van der Waals surface area contributed by atoms with Crippen LogP contribution in [0.4, 0.5) is 0 Å². The molecule has 6 heteroatoms. The Hall–Kier alpha value is -1.43. The summed E-state index contributed by atoms with van der Waals surface area (Å²) in [5.74, 6) is -0.0259. The van der Waals surface area contributed by atoms with E-state index in [0.29, 0.717) is 5.69 Å². The lowest BCUT2D eigenvalue weighted by molar-refractivity contribution is 0.0729. The van der Waals surface area contributed by atoms with E-state index in [0.717, 1.165) is 26.2 Å². The van der Waals surface area contributed by atoms with E-state index in [9.17, 15) is 4.79 Å². The van der Waals surface area contributed by atoms with Gasteiger partial charge in [0, 0.05) is 26.2 Å². The summed E-state index contributed by atoms with van der Waals surface area (Å²) in [4.78, 5) is 13.9. The van der Waals surface area contributed by atoms with E-state index in [1.807, 2.05) is 25.7 Å². The van der Waals surface area contributed by atoms with Gasteiger partial charge in [0.1, 0.15) is 0 Å². The first-order chi connectivity index (χ1) is 7.98. The van der Waals surface area contributed by atoms with Crippen LogP contribution >= 0.6 is 0 Å². The standard InChI is InChI=1S/C11H19N5O/c1-11(2,3)16-8-9(13-14-16)10(17)15-6-4-12-5-7-15/h8,12H,4-7H2,1-3H3. The Balaban J connectivity index is 2.11. The molecule has 0 atom stereocenters. The molecule has 0 aromatic carbocycles. The Morgan fingerprint density at radius 2 is 2.00 bits per heavy atom. The number of rotatable bonds is 1. The van der Waals surface area contributed by atoms with Crippen molar-refractivity contribution in [1.29, 1.82) is 0 Å². The number of hydrogen-bond donors (Lipinski definition) is 1. The van der Waals surface area contributed by atoms with E-state index < -0.39 is 0 Å². The highest BCUT2D eigenvalue weighted by atomic mass is 16.2. The van der Waals surface area contributed by atoms with Gasteiger partial charge in [-0.15, -0.1) is 5.10 Å². The average Bonchev–Trinajstić information content (AvgIpc) is 2.78. The van der Waals surface area contributed by atoms with Crippen molar-refractivity contribution in [3.8, 4) is 0 Å². The maximum Gasteiger partial charge on any atom is 0.276 e. The summed E-state index contributed by atoms with van der Waals surface area (Å²) in [6.45, 7) is 9.25. The zero-order chi connectivity index (χ0) is 12.5. The van der Waals surface area contributed by atoms with Gasteiger partial charge in [0.25, 0.3) is 5.91 Å². The van der Waals surface area contributed by atoms with E-state index in [1.54, 1.807) is 10.9 Å². The zero-order valence-electron chi connectivity index (χ0n) is 10.6. The van der Waals surface area contributed by atoms with Crippen molar-refractivity contribution in [3.05, 3.63) is 11.9 Å². The minimum atomic E-state index is -0.144. The van der Waals surface area contributed by atoms with Gasteiger partial charge in [0.15, 0.2) is 5.69 Å². The van der Waals surface area contributed by atoms with Crippen LogP contribution in [-0.4, -0.2) is 52.0 Å². The fourth-order valence-electron chi connectivity index (χ4n) is 1.72. The number of aromatic nitrogens is 3. The van der Waals surface area contributed by atoms with Crippen LogP contribution in [-0.2, 0) is 5.54 Å². The quantitative estimate of drug-likeness (QED) is 0.751. The summed E-state index contributed by atoms with van der Waals surface area (Å²) in [6.07, 6.45) is 1.73. The molecule has 6 nitrogen and oxygen atoms in total. The summed E-state index contributed by atoms with van der Waals surface area (Å²) < 4.78 is 1.72. The molecule has 0 radical (unpaired) electrons. The normalized spacial score (nSPS) is 17.2. The highest BCUT2D eigenvalue weighted by Crippen LogP contribution is 2.12. The van der Waals surface area contributed by atoms with Crippen LogP contribution < -0.4 is 5.32 Å². The number of hydrogen-bond acceptors (Lipinski definition) is 4. The van der Waals surface area contributed by atoms with Crippen LogP contribution in [0.25, 0.3) is 0 Å². The molecule has 2 rings (SSSR count). The van der Waals surface area contributed by atoms with E-state index in [4.69, 9.17) is 0 Å². The lowest BCUT2D eigenvalue weighted by atomic mass is 10.1. The predicted molar refractivity (Wildman–Crippen MR) is 63.8 cm³/mol. The first kappa shape index (κ1) is 12.0. The molecule has 0 unspecified atom stereocenters. The van der Waals surface area contributed by atoms with E-state index in [2.05, 4.69) is 15.6 Å². The topological polar surface area (TPSA) is 63.1 Å². The second-order valence-electron chi connectivity index (χ2n) is 5.26. The summed E-state index contributed by atoms with van der Waals surface area (Å²) in [6, 6.07) is 0. The number of nitrogens with one attached hydrogen (secondary N) is 1. The number of nitrogens with zero attached hydrogens (tertiary/aromatic N) is 4. The highest BCUT2D eigenvalue weighted by molar-refractivity contribution is 5.92. The van der Waals surface area contributed by atoms with Crippen molar-refractivity contribution in [2.24, 2.45) is 0 Å². The molecule has 1 aromatic rings. The lowest BCUT2D eigenvalue weighted by Gasteiger charge is -2.26. The first-order valence-electron chi connectivity index (χ1n) is 5.91. The molecule has 1 N–H and O–H groups in total. The maximum absolute atomic E-state index is 12.1. The van der Waals surface area contributed by atoms with Crippen molar-refractivity contribution >= 4 is 5.91 Å². The molecule has 1 saturated heterocycles. The van der Waals surface area contributed by atoms with E-state index in [-0.39, 0.29) is 11.4 Å². The number of carbonyl (C=O) groups is 1. The third-order valence-corrected chi connectivity index (χ3v) is 2.80. The molecule has 0 saturated carbocycles. The van der Waals surface area contributed by atoms with Gasteiger partial charge in [0.05, 0.1) is 11.7 Å². The van der Waals surface area contributed by atoms with Gasteiger partial charge in [-0.05, 0) is 20.8 Å². The van der Waals surface area contributed by atoms with Crippen molar-refractivity contribution in [2.45, 2.75) is 26.3 Å². The minimum Gasteiger partial charge on any atom is -0.335 e. The molecule has 1 aliphatic heterocycles. The van der Waals surface area contributed by atoms with Crippen molar-refractivity contribution in [1.82, 2.24) is 25.2 Å². The summed E-state index contributed by atoms with van der Waals surface area (Å²) in [5.41, 5.74) is 0.288. The van der Waals surface area contributed by atoms with Crippen molar-refractivity contribution in [3.63, 3.8) is 0 Å². The summed E-state index contributed by atoms with van der Waals surface area (Å²) >= 11 is 0. The van der Waals surface area contributed by atoms with Crippen LogP contribution in [0.5, 0.6) is 0 Å². The Morgan fingerprint density at radius 1 is 1.35 bits per heavy atom. The Kier molecular flexibility index (Phi) is 3.15. The Labute approximate surface area is 101 Å². The molecule has 1 fully saturated rings. The fourth-order valence-corrected chi connectivity index (χ4v) is 1.72. The second-order valence-corrected chi connectivity index (χ2v) is 5.26. The molecule has 94 valence electrons. The molecule has 0 spiro atoms. The molecular formula is C11H19N5O. The van der Waals surface area contributed by atoms with E-state index in [1.165, 1.54) is 0 Å². The van der Waals surface area contributed by atoms with Gasteiger partial charge in [-0.3, -0.25) is 4.79 Å². The van der Waals surface area contributed by atoms with Gasteiger partial charge in [-0.25, -0.2) is 4.68 Å². The molecule has 1 aliphatic rings. The summed E-state index contributed by atoms with van der Waals surface area (Å²) in [7, 11) is 0. The van der Waals surface area contributed by atoms with Crippen molar-refractivity contribution in [2.75, 3.05) is 26.2 Å². The molecule has 0 bridgehead atoms. The van der Waals surface area contributed by atoms with Crippen LogP contribution in [0, 0.1) is 0 Å². The van der Waals surface area contributed by atoms with Gasteiger partial charge < -0.3 is 10.2 Å². The van der Waals surface area contributed by atoms with E-state index >= 15 is 0 Å². The minimum absolute atomic E-state index is 0.0259. The molecule has 2 heterocycles. The van der Waals surface area contributed by atoms with Gasteiger partial charge >= 0.3 is 0 Å². The molecular weight excluding hydrogens is 218 g/mol. The maximum atomic E-state index is 12.1. The molecule has 0 aliphatic carbocycles. The van der Waals surface area contributed by atoms with Crippen LogP contribution in [0.15, 0.2) is 6.20 Å². The predicted octanol–water partition coefficient (Wildman–Crippen LogP) is 0.0785. The lowest BCUT2D eigenvalue weighted by Crippen LogP contribution is -2.46. The number of carbonyl (C=O) groups excluding carboxylic acids is 1. The SMILES string of the molecule is CC(C)(C)n1cc(C(=O)N2CCNCC2)nn1. The van der Waals surface area contributed by atoms with Crippen LogP contribution in [0.3, 0.4) is 0 Å². The third-order valence-electron chi connectivity index (χ3n) is 2.80. The third kappa shape index (κ3) is 2.63. The Bertz CT molecular complexity index is 400. The highest BCUT2D eigenvalue weighted by Gasteiger charge is 2.23. The zero-order valence-corrected chi connectivity index (χ0v) is 10.6. The van der Waals surface area contributed by atoms with Gasteiger partial charge in [0.2, 0.25) is 0 Å². The second kappa shape index (κ2) is 4.44. The Morgan fingerprint density at radius 3 is 2.53 bits per heavy atom. The first-order valence-corrected chi connectivity index (χ1v) is 5.91. The molecule has 17 heavy (non-hydrogen) atoms. The van der Waals surface area contributed by atoms with Crippen molar-refractivity contribution < 1.29 is 4.79 Å². The summed E-state index contributed by atoms with van der Waals surface area (Å²) in [5, 5.41) is 11.2. The smallest absolute Gasteiger partial charge is 0.276 e. The van der Waals surface area contributed by atoms with Crippen LogP contribution in [0.2, 0.25) is 0 Å². The molecule has 1 aromatic heterocycles. The van der Waals surface area contributed by atoms with Gasteiger partial charge in [-0.1, -0.05) is 5.21 Å².